The molecule has 2 aromatic rings. The van der Waals surface area contributed by atoms with E-state index in [1.807, 2.05) is 31.2 Å². The van der Waals surface area contributed by atoms with Crippen LogP contribution in [0.25, 0.3) is 5.57 Å². The summed E-state index contributed by atoms with van der Waals surface area (Å²) in [6.45, 7) is 4.02. The van der Waals surface area contributed by atoms with Gasteiger partial charge in [0.15, 0.2) is 5.76 Å². The molecule has 2 N–H and O–H groups in total. The molecule has 0 radical (unpaired) electrons. The topological polar surface area (TPSA) is 67.2 Å². The van der Waals surface area contributed by atoms with Crippen LogP contribution >= 0.6 is 0 Å². The molecule has 1 aromatic carbocycles. The summed E-state index contributed by atoms with van der Waals surface area (Å²) in [7, 11) is 3.30. The SMILES string of the molecule is C/C=C(/c1cc(C(NC)C(=O)NC)on1)c1ccccc1C. The van der Waals surface area contributed by atoms with Crippen LogP contribution in [0.3, 0.4) is 0 Å². The molecule has 5 nitrogen and oxygen atoms in total. The van der Waals surface area contributed by atoms with Crippen molar-refractivity contribution >= 4 is 11.5 Å². The van der Waals surface area contributed by atoms with Gasteiger partial charge >= 0.3 is 0 Å². The van der Waals surface area contributed by atoms with Crippen molar-refractivity contribution < 1.29 is 9.32 Å². The molecule has 2 rings (SSSR count). The van der Waals surface area contributed by atoms with Gasteiger partial charge in [0, 0.05) is 18.7 Å². The Morgan fingerprint density at radius 3 is 2.64 bits per heavy atom. The Balaban J connectivity index is 2.38. The predicted octanol–water partition coefficient (Wildman–Crippen LogP) is 2.44. The van der Waals surface area contributed by atoms with E-state index in [1.165, 1.54) is 0 Å². The fraction of sp³-hybridized carbons (Fsp3) is 0.294. The van der Waals surface area contributed by atoms with Gasteiger partial charge in [-0.1, -0.05) is 35.5 Å². The molecule has 1 amide bonds. The first-order valence-corrected chi connectivity index (χ1v) is 7.20. The first-order valence-electron chi connectivity index (χ1n) is 7.20. The van der Waals surface area contributed by atoms with Gasteiger partial charge in [-0.05, 0) is 32.0 Å². The zero-order valence-corrected chi connectivity index (χ0v) is 13.3. The van der Waals surface area contributed by atoms with Crippen LogP contribution in [0.15, 0.2) is 40.9 Å². The van der Waals surface area contributed by atoms with Crippen LogP contribution in [0.4, 0.5) is 0 Å². The number of likely N-dealkylation sites (N-methyl/N-ethyl adjacent to an activating group) is 2. The van der Waals surface area contributed by atoms with Crippen molar-refractivity contribution in [1.82, 2.24) is 15.8 Å². The molecule has 5 heteroatoms. The first kappa shape index (κ1) is 16.0. The number of carbonyl (C=O) groups excluding carboxylic acids is 1. The molecule has 0 bridgehead atoms. The van der Waals surface area contributed by atoms with Crippen molar-refractivity contribution in [3.63, 3.8) is 0 Å². The highest BCUT2D eigenvalue weighted by Gasteiger charge is 2.23. The highest BCUT2D eigenvalue weighted by Crippen LogP contribution is 2.27. The molecule has 1 unspecified atom stereocenters. The third-order valence-electron chi connectivity index (χ3n) is 3.61. The number of benzene rings is 1. The van der Waals surface area contributed by atoms with E-state index >= 15 is 0 Å². The summed E-state index contributed by atoms with van der Waals surface area (Å²) in [6, 6.07) is 9.35. The second kappa shape index (κ2) is 7.04. The van der Waals surface area contributed by atoms with Gasteiger partial charge in [-0.3, -0.25) is 4.79 Å². The largest absolute Gasteiger partial charge is 0.359 e. The van der Waals surface area contributed by atoms with E-state index in [0.717, 1.165) is 22.4 Å². The van der Waals surface area contributed by atoms with E-state index < -0.39 is 6.04 Å². The molecule has 1 aromatic heterocycles. The lowest BCUT2D eigenvalue weighted by Crippen LogP contribution is -2.33. The summed E-state index contributed by atoms with van der Waals surface area (Å²) in [6.07, 6.45) is 2.00. The Hall–Kier alpha value is -2.40. The van der Waals surface area contributed by atoms with Crippen LogP contribution in [-0.2, 0) is 4.79 Å². The minimum absolute atomic E-state index is 0.164. The zero-order chi connectivity index (χ0) is 16.1. The lowest BCUT2D eigenvalue weighted by atomic mass is 9.97. The third kappa shape index (κ3) is 3.09. The number of hydrogen-bond donors (Lipinski definition) is 2. The molecule has 0 saturated heterocycles. The molecule has 0 aliphatic heterocycles. The van der Waals surface area contributed by atoms with E-state index in [1.54, 1.807) is 20.2 Å². The fourth-order valence-electron chi connectivity index (χ4n) is 2.42. The number of hydrogen-bond acceptors (Lipinski definition) is 4. The number of aromatic nitrogens is 1. The van der Waals surface area contributed by atoms with Gasteiger partial charge < -0.3 is 15.2 Å². The highest BCUT2D eigenvalue weighted by atomic mass is 16.5. The lowest BCUT2D eigenvalue weighted by Gasteiger charge is -2.10. The maximum absolute atomic E-state index is 11.8. The Bertz CT molecular complexity index is 689. The summed E-state index contributed by atoms with van der Waals surface area (Å²) >= 11 is 0. The van der Waals surface area contributed by atoms with Gasteiger partial charge in [0.1, 0.15) is 11.7 Å². The minimum atomic E-state index is -0.554. The van der Waals surface area contributed by atoms with Crippen molar-refractivity contribution in [1.29, 1.82) is 0 Å². The Labute approximate surface area is 130 Å². The summed E-state index contributed by atoms with van der Waals surface area (Å²) in [5.74, 6) is 0.327. The lowest BCUT2D eigenvalue weighted by molar-refractivity contribution is -0.123. The quantitative estimate of drug-likeness (QED) is 0.890. The van der Waals surface area contributed by atoms with E-state index in [9.17, 15) is 4.79 Å². The Morgan fingerprint density at radius 1 is 1.32 bits per heavy atom. The second-order valence-corrected chi connectivity index (χ2v) is 4.97. The minimum Gasteiger partial charge on any atom is -0.359 e. The van der Waals surface area contributed by atoms with Crippen LogP contribution in [0.2, 0.25) is 0 Å². The fourth-order valence-corrected chi connectivity index (χ4v) is 2.42. The summed E-state index contributed by atoms with van der Waals surface area (Å²) < 4.78 is 5.37. The highest BCUT2D eigenvalue weighted by molar-refractivity contribution is 5.83. The number of allylic oxidation sites excluding steroid dienone is 1. The average Bonchev–Trinajstić information content (AvgIpc) is 3.00. The van der Waals surface area contributed by atoms with Gasteiger partial charge in [-0.2, -0.15) is 0 Å². The number of rotatable bonds is 5. The first-order chi connectivity index (χ1) is 10.6. The maximum atomic E-state index is 11.8. The van der Waals surface area contributed by atoms with Gasteiger partial charge in [-0.25, -0.2) is 0 Å². The van der Waals surface area contributed by atoms with Crippen molar-refractivity contribution in [2.24, 2.45) is 0 Å². The van der Waals surface area contributed by atoms with Crippen molar-refractivity contribution in [3.05, 3.63) is 59.0 Å². The van der Waals surface area contributed by atoms with Crippen molar-refractivity contribution in [3.8, 4) is 0 Å². The van der Waals surface area contributed by atoms with E-state index in [4.69, 9.17) is 4.52 Å². The second-order valence-electron chi connectivity index (χ2n) is 4.97. The Morgan fingerprint density at radius 2 is 2.05 bits per heavy atom. The van der Waals surface area contributed by atoms with Gasteiger partial charge in [0.05, 0.1) is 0 Å². The number of carbonyl (C=O) groups is 1. The molecule has 0 aliphatic rings. The van der Waals surface area contributed by atoms with Gasteiger partial charge in [-0.15, -0.1) is 0 Å². The molecule has 1 atom stereocenters. The molecule has 116 valence electrons. The van der Waals surface area contributed by atoms with Crippen molar-refractivity contribution in [2.45, 2.75) is 19.9 Å². The van der Waals surface area contributed by atoms with Crippen molar-refractivity contribution in [2.75, 3.05) is 14.1 Å². The average molecular weight is 299 g/mol. The summed E-state index contributed by atoms with van der Waals surface area (Å²) in [4.78, 5) is 11.8. The maximum Gasteiger partial charge on any atom is 0.244 e. The number of nitrogens with one attached hydrogen (secondary N) is 2. The molecular weight excluding hydrogens is 278 g/mol. The molecule has 0 fully saturated rings. The monoisotopic (exact) mass is 299 g/mol. The molecule has 0 spiro atoms. The molecule has 0 saturated carbocycles. The normalized spacial score (nSPS) is 13.0. The predicted molar refractivity (Wildman–Crippen MR) is 86.3 cm³/mol. The molecule has 1 heterocycles. The third-order valence-corrected chi connectivity index (χ3v) is 3.61. The molecule has 22 heavy (non-hydrogen) atoms. The van der Waals surface area contributed by atoms with Crippen LogP contribution in [0.5, 0.6) is 0 Å². The summed E-state index contributed by atoms with van der Waals surface area (Å²) in [5, 5.41) is 9.66. The van der Waals surface area contributed by atoms with Crippen LogP contribution in [-0.4, -0.2) is 25.2 Å². The van der Waals surface area contributed by atoms with E-state index in [0.29, 0.717) is 5.76 Å². The molecular formula is C17H21N3O2. The summed E-state index contributed by atoms with van der Waals surface area (Å²) in [5.41, 5.74) is 3.97. The van der Waals surface area contributed by atoms with Crippen LogP contribution in [0.1, 0.15) is 35.5 Å². The number of amides is 1. The zero-order valence-electron chi connectivity index (χ0n) is 13.3. The van der Waals surface area contributed by atoms with Gasteiger partial charge in [0.25, 0.3) is 0 Å². The van der Waals surface area contributed by atoms with E-state index in [-0.39, 0.29) is 5.91 Å². The molecule has 0 aliphatic carbocycles. The van der Waals surface area contributed by atoms with E-state index in [2.05, 4.69) is 28.8 Å². The van der Waals surface area contributed by atoms with Crippen LogP contribution < -0.4 is 10.6 Å². The van der Waals surface area contributed by atoms with Crippen LogP contribution in [0, 0.1) is 6.92 Å². The van der Waals surface area contributed by atoms with Gasteiger partial charge in [0.2, 0.25) is 5.91 Å². The smallest absolute Gasteiger partial charge is 0.244 e. The number of aryl methyl sites for hydroxylation is 1. The number of nitrogens with zero attached hydrogens (tertiary/aromatic N) is 1. The Kier molecular flexibility index (Phi) is 5.12. The standard InChI is InChI=1S/C17H21N3O2/c1-5-12(13-9-7-6-8-11(13)2)14-10-15(22-20-14)16(18-3)17(21)19-4/h5-10,16,18H,1-4H3,(H,19,21)/b12-5+.